The van der Waals surface area contributed by atoms with Crippen molar-refractivity contribution in [1.82, 2.24) is 9.29 Å². The molecule has 0 atom stereocenters. The number of aromatic nitrogens is 1. The second-order valence-corrected chi connectivity index (χ2v) is 7.95. The first-order valence-electron chi connectivity index (χ1n) is 7.62. The minimum atomic E-state index is -3.52. The fourth-order valence-corrected chi connectivity index (χ4v) is 4.56. The van der Waals surface area contributed by atoms with Crippen LogP contribution in [0.25, 0.3) is 0 Å². The number of nitrogens with zero attached hydrogens (tertiary/aromatic N) is 2. The van der Waals surface area contributed by atoms with Gasteiger partial charge in [0.15, 0.2) is 5.03 Å². The van der Waals surface area contributed by atoms with E-state index < -0.39 is 10.0 Å². The molecule has 1 heterocycles. The monoisotopic (exact) mass is 311 g/mol. The molecule has 5 nitrogen and oxygen atoms in total. The van der Waals surface area contributed by atoms with E-state index in [1.54, 1.807) is 22.6 Å². The Bertz CT molecular complexity index is 549. The Labute approximate surface area is 127 Å². The third-order valence-corrected chi connectivity index (χ3v) is 5.72. The number of nitrogens with two attached hydrogens (primary N) is 1. The lowest BCUT2D eigenvalue weighted by Gasteiger charge is -2.29. The molecule has 1 aliphatic rings. The lowest BCUT2D eigenvalue weighted by atomic mass is 10.2. The summed E-state index contributed by atoms with van der Waals surface area (Å²) in [5.74, 6) is 0.295. The summed E-state index contributed by atoms with van der Waals surface area (Å²) >= 11 is 0. The van der Waals surface area contributed by atoms with Crippen molar-refractivity contribution in [2.75, 3.05) is 6.54 Å². The zero-order valence-electron chi connectivity index (χ0n) is 12.8. The zero-order chi connectivity index (χ0) is 15.5. The van der Waals surface area contributed by atoms with Crippen LogP contribution in [-0.4, -0.2) is 30.3 Å². The molecule has 21 heavy (non-hydrogen) atoms. The Balaban J connectivity index is 2.30. The highest BCUT2D eigenvalue weighted by Crippen LogP contribution is 2.28. The summed E-state index contributed by atoms with van der Waals surface area (Å²) in [4.78, 5) is 4.11. The highest BCUT2D eigenvalue weighted by Gasteiger charge is 2.34. The average Bonchev–Trinajstić information content (AvgIpc) is 2.98. The quantitative estimate of drug-likeness (QED) is 0.873. The molecule has 0 saturated heterocycles. The van der Waals surface area contributed by atoms with Crippen molar-refractivity contribution < 1.29 is 8.42 Å². The normalized spacial score (nSPS) is 17.0. The Kier molecular flexibility index (Phi) is 5.35. The lowest BCUT2D eigenvalue weighted by molar-refractivity contribution is 0.291. The molecule has 0 spiro atoms. The molecule has 1 aromatic rings. The largest absolute Gasteiger partial charge is 0.326 e. The van der Waals surface area contributed by atoms with Gasteiger partial charge >= 0.3 is 0 Å². The van der Waals surface area contributed by atoms with Gasteiger partial charge in [-0.05, 0) is 30.4 Å². The van der Waals surface area contributed by atoms with Crippen LogP contribution in [0.2, 0.25) is 0 Å². The minimum Gasteiger partial charge on any atom is -0.326 e. The van der Waals surface area contributed by atoms with Gasteiger partial charge in [0, 0.05) is 25.3 Å². The molecule has 1 aromatic heterocycles. The summed E-state index contributed by atoms with van der Waals surface area (Å²) < 4.78 is 27.4. The van der Waals surface area contributed by atoms with E-state index in [1.165, 1.54) is 0 Å². The molecule has 0 bridgehead atoms. The second kappa shape index (κ2) is 6.85. The van der Waals surface area contributed by atoms with Gasteiger partial charge in [-0.15, -0.1) is 0 Å². The molecule has 0 radical (unpaired) electrons. The maximum absolute atomic E-state index is 12.9. The van der Waals surface area contributed by atoms with Crippen molar-refractivity contribution in [3.63, 3.8) is 0 Å². The number of hydrogen-bond acceptors (Lipinski definition) is 4. The van der Waals surface area contributed by atoms with E-state index in [9.17, 15) is 8.42 Å². The molecule has 0 aliphatic heterocycles. The van der Waals surface area contributed by atoms with Crippen LogP contribution < -0.4 is 5.73 Å². The first-order valence-corrected chi connectivity index (χ1v) is 9.06. The van der Waals surface area contributed by atoms with Crippen molar-refractivity contribution in [1.29, 1.82) is 0 Å². The number of hydrogen-bond donors (Lipinski definition) is 1. The Morgan fingerprint density at radius 1 is 1.33 bits per heavy atom. The van der Waals surface area contributed by atoms with E-state index in [4.69, 9.17) is 5.73 Å². The third kappa shape index (κ3) is 3.81. The van der Waals surface area contributed by atoms with Gasteiger partial charge in [0.25, 0.3) is 10.0 Å². The number of sulfonamides is 1. The topological polar surface area (TPSA) is 76.3 Å². The average molecular weight is 311 g/mol. The lowest BCUT2D eigenvalue weighted by Crippen LogP contribution is -2.41. The molecular weight excluding hydrogens is 286 g/mol. The molecule has 118 valence electrons. The Morgan fingerprint density at radius 3 is 2.48 bits per heavy atom. The first-order chi connectivity index (χ1) is 9.95. The summed E-state index contributed by atoms with van der Waals surface area (Å²) in [5.41, 5.74) is 6.37. The molecule has 1 saturated carbocycles. The summed E-state index contributed by atoms with van der Waals surface area (Å²) in [6.45, 7) is 5.00. The van der Waals surface area contributed by atoms with Crippen molar-refractivity contribution in [2.45, 2.75) is 57.1 Å². The number of pyridine rings is 1. The molecule has 1 fully saturated rings. The highest BCUT2D eigenvalue weighted by atomic mass is 32.2. The summed E-state index contributed by atoms with van der Waals surface area (Å²) in [6.07, 6.45) is 5.66. The molecule has 1 aliphatic carbocycles. The van der Waals surface area contributed by atoms with Crippen LogP contribution in [-0.2, 0) is 16.6 Å². The predicted molar refractivity (Wildman–Crippen MR) is 83.1 cm³/mol. The predicted octanol–water partition coefficient (Wildman–Crippen LogP) is 2.13. The van der Waals surface area contributed by atoms with E-state index >= 15 is 0 Å². The van der Waals surface area contributed by atoms with Gasteiger partial charge in [0.05, 0.1) is 0 Å². The molecule has 2 rings (SSSR count). The van der Waals surface area contributed by atoms with Crippen LogP contribution >= 0.6 is 0 Å². The van der Waals surface area contributed by atoms with E-state index in [1.807, 2.05) is 13.8 Å². The van der Waals surface area contributed by atoms with Crippen LogP contribution in [0.1, 0.15) is 45.1 Å². The van der Waals surface area contributed by atoms with Gasteiger partial charge in [-0.3, -0.25) is 0 Å². The van der Waals surface area contributed by atoms with E-state index in [0.29, 0.717) is 19.0 Å². The third-order valence-electron chi connectivity index (χ3n) is 3.88. The standard InChI is InChI=1S/C15H25N3O2S/c1-12(2)11-18(14-5-3-4-6-14)21(19,20)15-8-7-13(9-16)10-17-15/h7-8,10,12,14H,3-6,9,11,16H2,1-2H3. The second-order valence-electron chi connectivity index (χ2n) is 6.12. The SMILES string of the molecule is CC(C)CN(C1CCCC1)S(=O)(=O)c1ccc(CN)cn1. The van der Waals surface area contributed by atoms with Crippen LogP contribution in [0.4, 0.5) is 0 Å². The molecule has 6 heteroatoms. The van der Waals surface area contributed by atoms with Gasteiger partial charge in [0.2, 0.25) is 0 Å². The van der Waals surface area contributed by atoms with Crippen molar-refractivity contribution in [3.8, 4) is 0 Å². The fraction of sp³-hybridized carbons (Fsp3) is 0.667. The molecule has 0 aromatic carbocycles. The minimum absolute atomic E-state index is 0.119. The Morgan fingerprint density at radius 2 is 2.00 bits per heavy atom. The molecule has 2 N–H and O–H groups in total. The van der Waals surface area contributed by atoms with Crippen LogP contribution in [0.15, 0.2) is 23.4 Å². The zero-order valence-corrected chi connectivity index (χ0v) is 13.6. The maximum Gasteiger partial charge on any atom is 0.260 e. The van der Waals surface area contributed by atoms with E-state index in [2.05, 4.69) is 4.98 Å². The van der Waals surface area contributed by atoms with E-state index in [0.717, 1.165) is 31.2 Å². The maximum atomic E-state index is 12.9. The van der Waals surface area contributed by atoms with Gasteiger partial charge in [-0.25, -0.2) is 13.4 Å². The summed E-state index contributed by atoms with van der Waals surface area (Å²) in [5, 5.41) is 0.132. The van der Waals surface area contributed by atoms with Gasteiger partial charge in [-0.1, -0.05) is 32.8 Å². The summed E-state index contributed by atoms with van der Waals surface area (Å²) in [6, 6.07) is 3.43. The van der Waals surface area contributed by atoms with Gasteiger partial charge in [-0.2, -0.15) is 4.31 Å². The van der Waals surface area contributed by atoms with Crippen molar-refractivity contribution >= 4 is 10.0 Å². The van der Waals surface area contributed by atoms with E-state index in [-0.39, 0.29) is 11.1 Å². The van der Waals surface area contributed by atoms with Crippen molar-refractivity contribution in [3.05, 3.63) is 23.9 Å². The first kappa shape index (κ1) is 16.4. The Hall–Kier alpha value is -0.980. The molecular formula is C15H25N3O2S. The smallest absolute Gasteiger partial charge is 0.260 e. The number of rotatable bonds is 6. The van der Waals surface area contributed by atoms with Crippen molar-refractivity contribution in [2.24, 2.45) is 11.7 Å². The van der Waals surface area contributed by atoms with Gasteiger partial charge in [0.1, 0.15) is 0 Å². The van der Waals surface area contributed by atoms with Crippen LogP contribution in [0, 0.1) is 5.92 Å². The van der Waals surface area contributed by atoms with Gasteiger partial charge < -0.3 is 5.73 Å². The van der Waals surface area contributed by atoms with Crippen LogP contribution in [0.3, 0.4) is 0 Å². The molecule has 0 amide bonds. The molecule has 0 unspecified atom stereocenters. The van der Waals surface area contributed by atoms with Crippen LogP contribution in [0.5, 0.6) is 0 Å². The summed E-state index contributed by atoms with van der Waals surface area (Å²) in [7, 11) is -3.52. The highest BCUT2D eigenvalue weighted by molar-refractivity contribution is 7.89. The fourth-order valence-electron chi connectivity index (χ4n) is 2.80.